The Morgan fingerprint density at radius 3 is 2.47 bits per heavy atom. The molecule has 0 atom stereocenters. The van der Waals surface area contributed by atoms with Gasteiger partial charge in [-0.3, -0.25) is 4.79 Å². The van der Waals surface area contributed by atoms with E-state index in [2.05, 4.69) is 25.5 Å². The Bertz CT molecular complexity index is 1340. The van der Waals surface area contributed by atoms with Crippen LogP contribution < -0.4 is 14.3 Å². The van der Waals surface area contributed by atoms with Crippen LogP contribution >= 0.6 is 27.9 Å². The second-order valence-electron chi connectivity index (χ2n) is 7.79. The Morgan fingerprint density at radius 2 is 1.78 bits per heavy atom. The highest BCUT2D eigenvalue weighted by atomic mass is 79.9. The van der Waals surface area contributed by atoms with Crippen molar-refractivity contribution in [2.75, 3.05) is 6.54 Å². The van der Waals surface area contributed by atoms with Crippen LogP contribution in [0.4, 0.5) is 0 Å². The van der Waals surface area contributed by atoms with E-state index in [0.717, 1.165) is 33.3 Å². The zero-order valence-corrected chi connectivity index (χ0v) is 22.6. The Morgan fingerprint density at radius 1 is 1.08 bits per heavy atom. The molecule has 2 N–H and O–H groups in total. The van der Waals surface area contributed by atoms with E-state index in [4.69, 9.17) is 4.74 Å². The number of hydrazine groups is 2. The third kappa shape index (κ3) is 6.68. The van der Waals surface area contributed by atoms with Gasteiger partial charge in [0.2, 0.25) is 0 Å². The van der Waals surface area contributed by atoms with E-state index in [1.54, 1.807) is 29.5 Å². The fourth-order valence-corrected chi connectivity index (χ4v) is 5.54. The van der Waals surface area contributed by atoms with E-state index in [9.17, 15) is 13.2 Å². The number of nitrogens with zero attached hydrogens (tertiary/aromatic N) is 2. The molecule has 1 heterocycles. The molecular formula is C25H25BrN4O4S2. The van der Waals surface area contributed by atoms with Crippen molar-refractivity contribution in [3.05, 3.63) is 106 Å². The topological polar surface area (TPSA) is 91.0 Å². The fourth-order valence-electron chi connectivity index (χ4n) is 3.42. The van der Waals surface area contributed by atoms with Gasteiger partial charge < -0.3 is 4.74 Å². The number of rotatable bonds is 10. The molecular weight excluding hydrogens is 564 g/mol. The van der Waals surface area contributed by atoms with Crippen molar-refractivity contribution in [3.63, 3.8) is 0 Å². The molecule has 0 saturated heterocycles. The van der Waals surface area contributed by atoms with Crippen molar-refractivity contribution < 1.29 is 17.9 Å². The van der Waals surface area contributed by atoms with Crippen LogP contribution in [-0.2, 0) is 28.0 Å². The van der Waals surface area contributed by atoms with Crippen LogP contribution in [0.2, 0.25) is 0 Å². The highest BCUT2D eigenvalue weighted by molar-refractivity contribution is 9.10. The van der Waals surface area contributed by atoms with Crippen molar-refractivity contribution in [2.24, 2.45) is 0 Å². The van der Waals surface area contributed by atoms with Crippen LogP contribution in [0.5, 0.6) is 5.75 Å². The number of halogens is 1. The first-order valence-electron chi connectivity index (χ1n) is 11.1. The molecule has 0 saturated carbocycles. The van der Waals surface area contributed by atoms with Gasteiger partial charge in [0.25, 0.3) is 15.9 Å². The van der Waals surface area contributed by atoms with Gasteiger partial charge in [-0.2, -0.15) is 4.83 Å². The lowest BCUT2D eigenvalue weighted by Gasteiger charge is -2.30. The maximum absolute atomic E-state index is 12.7. The SMILES string of the molecule is CCN(Cc1cc(Br)ccc1OCc1ccccc1)N1C=C(C(=O)NS(=O)(=O)c2ccccc2)SN1. The summed E-state index contributed by atoms with van der Waals surface area (Å²) in [6.07, 6.45) is 1.58. The molecule has 0 spiro atoms. The minimum Gasteiger partial charge on any atom is -0.489 e. The molecule has 0 radical (unpaired) electrons. The van der Waals surface area contributed by atoms with E-state index < -0.39 is 15.9 Å². The smallest absolute Gasteiger partial charge is 0.274 e. The van der Waals surface area contributed by atoms with Crippen LogP contribution in [0.3, 0.4) is 0 Å². The largest absolute Gasteiger partial charge is 0.489 e. The molecule has 11 heteroatoms. The Balaban J connectivity index is 1.45. The van der Waals surface area contributed by atoms with Crippen LogP contribution in [0, 0.1) is 0 Å². The van der Waals surface area contributed by atoms with Crippen LogP contribution in [0.15, 0.2) is 99.3 Å². The van der Waals surface area contributed by atoms with Gasteiger partial charge in [-0.05, 0) is 47.8 Å². The third-order valence-electron chi connectivity index (χ3n) is 5.28. The van der Waals surface area contributed by atoms with E-state index in [1.165, 1.54) is 12.1 Å². The van der Waals surface area contributed by atoms with Gasteiger partial charge in [-0.1, -0.05) is 71.4 Å². The number of benzene rings is 3. The van der Waals surface area contributed by atoms with Gasteiger partial charge in [0.1, 0.15) is 17.3 Å². The van der Waals surface area contributed by atoms with Crippen molar-refractivity contribution in [3.8, 4) is 5.75 Å². The summed E-state index contributed by atoms with van der Waals surface area (Å²) in [4.78, 5) is 16.0. The lowest BCUT2D eigenvalue weighted by atomic mass is 10.2. The highest BCUT2D eigenvalue weighted by Gasteiger charge is 2.27. The number of hydrogen-bond acceptors (Lipinski definition) is 8. The normalized spacial score (nSPS) is 13.5. The number of amides is 1. The maximum atomic E-state index is 12.7. The molecule has 0 aliphatic carbocycles. The summed E-state index contributed by atoms with van der Waals surface area (Å²) in [5, 5.41) is 3.65. The van der Waals surface area contributed by atoms with Gasteiger partial charge in [0.15, 0.2) is 0 Å². The molecule has 1 amide bonds. The monoisotopic (exact) mass is 588 g/mol. The zero-order valence-electron chi connectivity index (χ0n) is 19.4. The Hall–Kier alpha value is -2.83. The molecule has 36 heavy (non-hydrogen) atoms. The zero-order chi connectivity index (χ0) is 25.5. The summed E-state index contributed by atoms with van der Waals surface area (Å²) in [5.74, 6) is 0.0486. The van der Waals surface area contributed by atoms with Gasteiger partial charge in [0.05, 0.1) is 11.1 Å². The molecule has 0 bridgehead atoms. The first-order valence-corrected chi connectivity index (χ1v) is 14.2. The van der Waals surface area contributed by atoms with Gasteiger partial charge in [-0.15, -0.1) is 0 Å². The average molecular weight is 590 g/mol. The lowest BCUT2D eigenvalue weighted by Crippen LogP contribution is -2.42. The number of hydrogen-bond donors (Lipinski definition) is 2. The van der Waals surface area contributed by atoms with E-state index in [-0.39, 0.29) is 9.80 Å². The lowest BCUT2D eigenvalue weighted by molar-refractivity contribution is -0.115. The predicted molar refractivity (Wildman–Crippen MR) is 143 cm³/mol. The summed E-state index contributed by atoms with van der Waals surface area (Å²) >= 11 is 4.58. The summed E-state index contributed by atoms with van der Waals surface area (Å²) in [6.45, 7) is 3.54. The standard InChI is InChI=1S/C25H25BrN4O4S2/c1-2-29(16-20-15-21(26)13-14-23(20)34-18-19-9-5-3-6-10-19)30-17-24(35-28-30)25(31)27-36(32,33)22-11-7-4-8-12-22/h3-15,17,28H,2,16,18H2,1H3,(H,27,31). The van der Waals surface area contributed by atoms with E-state index in [1.807, 2.05) is 60.5 Å². The minimum absolute atomic E-state index is 0.0274. The van der Waals surface area contributed by atoms with Crippen LogP contribution in [-0.4, -0.2) is 31.0 Å². The van der Waals surface area contributed by atoms with Crippen LogP contribution in [0.25, 0.3) is 0 Å². The van der Waals surface area contributed by atoms with Crippen molar-refractivity contribution in [1.29, 1.82) is 0 Å². The van der Waals surface area contributed by atoms with Crippen molar-refractivity contribution in [2.45, 2.75) is 25.0 Å². The number of nitrogens with one attached hydrogen (secondary N) is 2. The molecule has 1 aliphatic rings. The second-order valence-corrected chi connectivity index (χ2v) is 11.2. The summed E-state index contributed by atoms with van der Waals surface area (Å²) in [5.41, 5.74) is 2.02. The minimum atomic E-state index is -3.96. The summed E-state index contributed by atoms with van der Waals surface area (Å²) in [7, 11) is -3.96. The quantitative estimate of drug-likeness (QED) is 0.333. The van der Waals surface area contributed by atoms with Gasteiger partial charge in [-0.25, -0.2) is 23.3 Å². The molecule has 188 valence electrons. The third-order valence-corrected chi connectivity index (χ3v) is 7.90. The number of carbonyl (C=O) groups excluding carboxylic acids is 1. The van der Waals surface area contributed by atoms with Gasteiger partial charge >= 0.3 is 0 Å². The van der Waals surface area contributed by atoms with Crippen molar-refractivity contribution >= 4 is 43.8 Å². The van der Waals surface area contributed by atoms with Crippen molar-refractivity contribution in [1.82, 2.24) is 19.7 Å². The molecule has 0 aromatic heterocycles. The number of sulfonamides is 1. The molecule has 3 aromatic rings. The Labute approximate surface area is 223 Å². The van der Waals surface area contributed by atoms with E-state index in [0.29, 0.717) is 19.7 Å². The highest BCUT2D eigenvalue weighted by Crippen LogP contribution is 2.28. The van der Waals surface area contributed by atoms with Crippen LogP contribution in [0.1, 0.15) is 18.1 Å². The summed E-state index contributed by atoms with van der Waals surface area (Å²) in [6, 6.07) is 23.6. The number of carbonyl (C=O) groups is 1. The average Bonchev–Trinajstić information content (AvgIpc) is 3.38. The first kappa shape index (κ1) is 26.2. The molecule has 4 rings (SSSR count). The maximum Gasteiger partial charge on any atom is 0.274 e. The predicted octanol–water partition coefficient (Wildman–Crippen LogP) is 4.58. The molecule has 0 unspecified atom stereocenters. The molecule has 0 fully saturated rings. The Kier molecular flexibility index (Phi) is 8.70. The molecule has 8 nitrogen and oxygen atoms in total. The second kappa shape index (κ2) is 11.9. The molecule has 3 aromatic carbocycles. The number of ether oxygens (including phenoxy) is 1. The van der Waals surface area contributed by atoms with Gasteiger partial charge in [0, 0.05) is 23.1 Å². The molecule has 1 aliphatic heterocycles. The fraction of sp³-hybridized carbons (Fsp3) is 0.160. The summed E-state index contributed by atoms with van der Waals surface area (Å²) < 4.78 is 34.2. The first-order chi connectivity index (χ1) is 17.4. The van der Waals surface area contributed by atoms with E-state index >= 15 is 0 Å².